The number of benzene rings is 5. The van der Waals surface area contributed by atoms with Crippen LogP contribution in [0, 0.1) is 0 Å². The Morgan fingerprint density at radius 3 is 1.38 bits per heavy atom. The molecule has 0 spiro atoms. The van der Waals surface area contributed by atoms with E-state index in [9.17, 15) is 0 Å². The van der Waals surface area contributed by atoms with Gasteiger partial charge in [0.2, 0.25) is 11.8 Å². The maximum absolute atomic E-state index is 7.18. The molecule has 6 aromatic rings. The second-order valence-corrected chi connectivity index (χ2v) is 14.3. The molecule has 264 valence electrons. The molecule has 6 nitrogen and oxygen atoms in total. The Labute approximate surface area is 307 Å². The Kier molecular flexibility index (Phi) is 10.3. The van der Waals surface area contributed by atoms with Gasteiger partial charge >= 0.3 is 0 Å². The van der Waals surface area contributed by atoms with Crippen molar-refractivity contribution in [3.63, 3.8) is 0 Å². The lowest BCUT2D eigenvalue weighted by molar-refractivity contribution is 0.0423. The van der Waals surface area contributed by atoms with Crippen molar-refractivity contribution in [3.8, 4) is 11.8 Å². The third kappa shape index (κ3) is 6.81. The van der Waals surface area contributed by atoms with Gasteiger partial charge < -0.3 is 9.47 Å². The van der Waals surface area contributed by atoms with Crippen LogP contribution in [-0.2, 0) is 0 Å². The minimum Gasteiger partial charge on any atom is -0.466 e. The fourth-order valence-corrected chi connectivity index (χ4v) is 8.67. The zero-order valence-electron chi connectivity index (χ0n) is 29.9. The summed E-state index contributed by atoms with van der Waals surface area (Å²) in [4.78, 5) is 5.04. The molecular formula is C46H48N4O2. The van der Waals surface area contributed by atoms with Gasteiger partial charge in [0, 0.05) is 24.2 Å². The molecule has 0 aliphatic carbocycles. The summed E-state index contributed by atoms with van der Waals surface area (Å²) < 4.78 is 14.4. The third-order valence-electron chi connectivity index (χ3n) is 11.1. The summed E-state index contributed by atoms with van der Waals surface area (Å²) in [7, 11) is 0. The molecule has 0 bridgehead atoms. The highest BCUT2D eigenvalue weighted by Gasteiger charge is 2.36. The maximum Gasteiger partial charge on any atom is 0.242 e. The number of fused-ring (bicyclic) bond motifs is 3. The maximum atomic E-state index is 7.18. The van der Waals surface area contributed by atoms with Crippen molar-refractivity contribution in [3.05, 3.63) is 146 Å². The van der Waals surface area contributed by atoms with Crippen molar-refractivity contribution in [2.24, 2.45) is 0 Å². The SMILES string of the molecule is C=CCN1CCCCC1C(Oc1nnc(O[C@@H](c2cccc3ccccc23)C2CCCCN2CC=C)c2ccccc12)c1cccc2ccccc12. The minimum absolute atomic E-state index is 0.159. The standard InChI is InChI=1S/C46H48N4O2/c1-3-29-49-31-13-11-27-41(49)43(37-25-15-19-33-17-5-7-21-35(33)37)51-45-39-23-9-10-24-40(39)46(48-47-45)52-44(42-28-12-14-32-50(42)30-4-2)38-26-16-20-34-18-6-8-22-36(34)38/h3-10,15-26,41-44H,1-2,11-14,27-32H2/t41?,42?,43-,44?/m0/s1. The van der Waals surface area contributed by atoms with Crippen LogP contribution in [0.1, 0.15) is 61.9 Å². The summed E-state index contributed by atoms with van der Waals surface area (Å²) in [6, 6.07) is 38.8. The van der Waals surface area contributed by atoms with Gasteiger partial charge in [0.25, 0.3) is 0 Å². The summed E-state index contributed by atoms with van der Waals surface area (Å²) in [5.41, 5.74) is 2.33. The molecule has 0 amide bonds. The van der Waals surface area contributed by atoms with Gasteiger partial charge in [0.05, 0.1) is 22.9 Å². The first-order valence-corrected chi connectivity index (χ1v) is 19.0. The van der Waals surface area contributed by atoms with Crippen LogP contribution in [0.25, 0.3) is 32.3 Å². The fourth-order valence-electron chi connectivity index (χ4n) is 8.67. The Morgan fingerprint density at radius 1 is 0.538 bits per heavy atom. The Hall–Kier alpha value is -5.04. The highest BCUT2D eigenvalue weighted by Crippen LogP contribution is 2.41. The molecular weight excluding hydrogens is 641 g/mol. The van der Waals surface area contributed by atoms with E-state index in [1.807, 2.05) is 24.3 Å². The van der Waals surface area contributed by atoms with Crippen molar-refractivity contribution < 1.29 is 9.47 Å². The lowest BCUT2D eigenvalue weighted by Gasteiger charge is -2.40. The van der Waals surface area contributed by atoms with Gasteiger partial charge in [0.1, 0.15) is 12.2 Å². The van der Waals surface area contributed by atoms with Crippen LogP contribution in [0.4, 0.5) is 0 Å². The molecule has 2 aliphatic heterocycles. The van der Waals surface area contributed by atoms with Gasteiger partial charge in [-0.1, -0.05) is 122 Å². The number of ether oxygens (including phenoxy) is 2. The highest BCUT2D eigenvalue weighted by molar-refractivity contribution is 5.91. The van der Waals surface area contributed by atoms with Gasteiger partial charge in [-0.25, -0.2) is 0 Å². The van der Waals surface area contributed by atoms with Crippen molar-refractivity contribution in [2.75, 3.05) is 26.2 Å². The number of likely N-dealkylation sites (tertiary alicyclic amines) is 2. The van der Waals surface area contributed by atoms with Crippen LogP contribution >= 0.6 is 0 Å². The topological polar surface area (TPSA) is 50.7 Å². The zero-order valence-corrected chi connectivity index (χ0v) is 29.9. The third-order valence-corrected chi connectivity index (χ3v) is 11.1. The predicted octanol–water partition coefficient (Wildman–Crippen LogP) is 10.3. The van der Waals surface area contributed by atoms with Crippen molar-refractivity contribution in [1.82, 2.24) is 20.0 Å². The first kappa shape index (κ1) is 34.1. The summed E-state index contributed by atoms with van der Waals surface area (Å²) in [6.45, 7) is 11.8. The lowest BCUT2D eigenvalue weighted by Crippen LogP contribution is -2.45. The lowest BCUT2D eigenvalue weighted by atomic mass is 9.90. The number of hydrogen-bond acceptors (Lipinski definition) is 6. The van der Waals surface area contributed by atoms with E-state index in [-0.39, 0.29) is 24.3 Å². The predicted molar refractivity (Wildman–Crippen MR) is 213 cm³/mol. The van der Waals surface area contributed by atoms with Crippen LogP contribution in [0.2, 0.25) is 0 Å². The van der Waals surface area contributed by atoms with E-state index in [0.717, 1.165) is 62.6 Å². The molecule has 0 radical (unpaired) electrons. The average molecular weight is 689 g/mol. The van der Waals surface area contributed by atoms with E-state index < -0.39 is 0 Å². The van der Waals surface area contributed by atoms with Gasteiger partial charge in [-0.3, -0.25) is 9.80 Å². The number of piperidine rings is 2. The summed E-state index contributed by atoms with van der Waals surface area (Å²) in [5, 5.41) is 16.3. The van der Waals surface area contributed by atoms with Crippen molar-refractivity contribution in [2.45, 2.75) is 62.8 Å². The fraction of sp³-hybridized carbons (Fsp3) is 0.304. The second-order valence-electron chi connectivity index (χ2n) is 14.3. The average Bonchev–Trinajstić information content (AvgIpc) is 3.20. The van der Waals surface area contributed by atoms with E-state index in [0.29, 0.717) is 11.8 Å². The molecule has 3 unspecified atom stereocenters. The van der Waals surface area contributed by atoms with E-state index in [1.165, 1.54) is 45.5 Å². The van der Waals surface area contributed by atoms with Gasteiger partial charge in [-0.05, 0) is 72.5 Å². The Morgan fingerprint density at radius 2 is 0.942 bits per heavy atom. The van der Waals surface area contributed by atoms with Crippen LogP contribution in [0.3, 0.4) is 0 Å². The van der Waals surface area contributed by atoms with Crippen molar-refractivity contribution in [1.29, 1.82) is 0 Å². The largest absolute Gasteiger partial charge is 0.466 e. The number of aromatic nitrogens is 2. The minimum atomic E-state index is -0.256. The molecule has 1 aromatic heterocycles. The molecule has 8 rings (SSSR count). The van der Waals surface area contributed by atoms with Crippen LogP contribution in [-0.4, -0.2) is 58.3 Å². The van der Waals surface area contributed by atoms with E-state index >= 15 is 0 Å². The Bertz CT molecular complexity index is 2020. The van der Waals surface area contributed by atoms with Gasteiger partial charge in [0.15, 0.2) is 0 Å². The molecule has 5 aromatic carbocycles. The molecule has 3 heterocycles. The smallest absolute Gasteiger partial charge is 0.242 e. The quantitative estimate of drug-likeness (QED) is 0.119. The molecule has 2 saturated heterocycles. The van der Waals surface area contributed by atoms with Crippen LogP contribution in [0.5, 0.6) is 11.8 Å². The number of nitrogens with zero attached hydrogens (tertiary/aromatic N) is 4. The van der Waals surface area contributed by atoms with E-state index in [1.54, 1.807) is 0 Å². The van der Waals surface area contributed by atoms with Gasteiger partial charge in [-0.15, -0.1) is 23.4 Å². The second kappa shape index (κ2) is 15.7. The van der Waals surface area contributed by atoms with Gasteiger partial charge in [-0.2, -0.15) is 0 Å². The summed E-state index contributed by atoms with van der Waals surface area (Å²) in [6.07, 6.45) is 10.2. The summed E-state index contributed by atoms with van der Waals surface area (Å²) >= 11 is 0. The highest BCUT2D eigenvalue weighted by atomic mass is 16.5. The first-order chi connectivity index (χ1) is 25.7. The normalized spacial score (nSPS) is 19.7. The molecule has 0 saturated carbocycles. The molecule has 2 aliphatic rings. The zero-order chi connectivity index (χ0) is 35.3. The van der Waals surface area contributed by atoms with E-state index in [2.05, 4.69) is 120 Å². The molecule has 52 heavy (non-hydrogen) atoms. The first-order valence-electron chi connectivity index (χ1n) is 19.0. The molecule has 4 atom stereocenters. The van der Waals surface area contributed by atoms with Crippen molar-refractivity contribution >= 4 is 32.3 Å². The Balaban J connectivity index is 1.22. The number of rotatable bonds is 12. The molecule has 2 fully saturated rings. The van der Waals surface area contributed by atoms with E-state index in [4.69, 9.17) is 19.7 Å². The monoisotopic (exact) mass is 688 g/mol. The molecule has 6 heteroatoms. The molecule has 0 N–H and O–H groups in total. The summed E-state index contributed by atoms with van der Waals surface area (Å²) in [5.74, 6) is 1.05. The number of hydrogen-bond donors (Lipinski definition) is 0. The van der Waals surface area contributed by atoms with Crippen LogP contribution in [0.15, 0.2) is 135 Å². The van der Waals surface area contributed by atoms with Crippen LogP contribution < -0.4 is 9.47 Å².